The molecule has 1 amide bonds. The first-order valence-electron chi connectivity index (χ1n) is 8.65. The van der Waals surface area contributed by atoms with Crippen molar-refractivity contribution >= 4 is 11.7 Å². The molecule has 0 aliphatic carbocycles. The number of amides is 1. The van der Waals surface area contributed by atoms with Crippen molar-refractivity contribution in [3.63, 3.8) is 0 Å². The number of hydrogen-bond donors (Lipinski definition) is 1. The predicted molar refractivity (Wildman–Crippen MR) is 94.9 cm³/mol. The molecule has 0 unspecified atom stereocenters. The second kappa shape index (κ2) is 8.41. The average molecular weight is 341 g/mol. The van der Waals surface area contributed by atoms with Gasteiger partial charge < -0.3 is 15.0 Å². The van der Waals surface area contributed by atoms with Gasteiger partial charge in [-0.15, -0.1) is 0 Å². The van der Waals surface area contributed by atoms with Crippen molar-refractivity contribution in [2.75, 3.05) is 31.1 Å². The van der Waals surface area contributed by atoms with E-state index in [1.807, 2.05) is 13.0 Å². The van der Waals surface area contributed by atoms with Gasteiger partial charge in [0.05, 0.1) is 6.54 Å². The van der Waals surface area contributed by atoms with Crippen LogP contribution in [0, 0.1) is 6.92 Å². The van der Waals surface area contributed by atoms with E-state index in [1.165, 1.54) is 19.3 Å². The number of carbonyl (C=O) groups is 1. The minimum Gasteiger partial charge on any atom is -0.476 e. The van der Waals surface area contributed by atoms with Gasteiger partial charge >= 0.3 is 0 Å². The maximum atomic E-state index is 11.9. The zero-order valence-corrected chi connectivity index (χ0v) is 14.4. The molecule has 0 atom stereocenters. The van der Waals surface area contributed by atoms with Crippen LogP contribution in [0.15, 0.2) is 30.5 Å². The van der Waals surface area contributed by atoms with Gasteiger partial charge in [-0.25, -0.2) is 4.98 Å². The summed E-state index contributed by atoms with van der Waals surface area (Å²) in [5.74, 6) is 1.94. The molecule has 0 saturated carbocycles. The summed E-state index contributed by atoms with van der Waals surface area (Å²) in [7, 11) is 0. The largest absolute Gasteiger partial charge is 0.476 e. The van der Waals surface area contributed by atoms with Gasteiger partial charge in [-0.3, -0.25) is 9.78 Å². The lowest BCUT2D eigenvalue weighted by molar-refractivity contribution is 0.0941. The van der Waals surface area contributed by atoms with E-state index in [0.717, 1.165) is 18.9 Å². The van der Waals surface area contributed by atoms with Gasteiger partial charge in [-0.05, 0) is 38.3 Å². The Kier molecular flexibility index (Phi) is 5.77. The summed E-state index contributed by atoms with van der Waals surface area (Å²) in [6, 6.07) is 7.11. The van der Waals surface area contributed by atoms with Crippen molar-refractivity contribution in [3.8, 4) is 5.88 Å². The third-order valence-corrected chi connectivity index (χ3v) is 4.02. The van der Waals surface area contributed by atoms with Crippen LogP contribution in [0.3, 0.4) is 0 Å². The molecular formula is C18H23N5O2. The van der Waals surface area contributed by atoms with Crippen LogP contribution < -0.4 is 15.0 Å². The van der Waals surface area contributed by atoms with Crippen molar-refractivity contribution < 1.29 is 9.53 Å². The van der Waals surface area contributed by atoms with Gasteiger partial charge in [-0.2, -0.15) is 4.98 Å². The Morgan fingerprint density at radius 3 is 2.84 bits per heavy atom. The average Bonchev–Trinajstić information content (AvgIpc) is 2.66. The fraction of sp³-hybridized carbons (Fsp3) is 0.444. The number of pyridine rings is 1. The number of ether oxygens (including phenoxy) is 1. The molecule has 0 radical (unpaired) electrons. The molecule has 3 rings (SSSR count). The van der Waals surface area contributed by atoms with Crippen molar-refractivity contribution in [3.05, 3.63) is 42.0 Å². The van der Waals surface area contributed by atoms with Crippen molar-refractivity contribution in [2.24, 2.45) is 0 Å². The normalized spacial score (nSPS) is 14.2. The smallest absolute Gasteiger partial charge is 0.269 e. The van der Waals surface area contributed by atoms with Crippen LogP contribution in [0.2, 0.25) is 0 Å². The lowest BCUT2D eigenvalue weighted by Gasteiger charge is -2.28. The molecular weight excluding hydrogens is 318 g/mol. The van der Waals surface area contributed by atoms with Crippen LogP contribution in [0.25, 0.3) is 0 Å². The first-order chi connectivity index (χ1) is 12.2. The summed E-state index contributed by atoms with van der Waals surface area (Å²) in [6.45, 7) is 4.64. The highest BCUT2D eigenvalue weighted by atomic mass is 16.5. The van der Waals surface area contributed by atoms with Gasteiger partial charge in [0.2, 0.25) is 5.88 Å². The number of carbonyl (C=O) groups excluding carboxylic acids is 1. The Labute approximate surface area is 147 Å². The monoisotopic (exact) mass is 341 g/mol. The van der Waals surface area contributed by atoms with Crippen molar-refractivity contribution in [1.82, 2.24) is 20.3 Å². The van der Waals surface area contributed by atoms with Crippen LogP contribution in [-0.2, 0) is 0 Å². The van der Waals surface area contributed by atoms with Crippen LogP contribution in [0.1, 0.15) is 35.6 Å². The number of anilines is 1. The molecule has 0 spiro atoms. The highest BCUT2D eigenvalue weighted by Gasteiger charge is 2.14. The molecule has 0 bridgehead atoms. The maximum absolute atomic E-state index is 11.9. The fourth-order valence-electron chi connectivity index (χ4n) is 2.79. The second-order valence-electron chi connectivity index (χ2n) is 5.98. The summed E-state index contributed by atoms with van der Waals surface area (Å²) < 4.78 is 5.69. The number of aromatic nitrogens is 3. The molecule has 1 aliphatic rings. The third-order valence-electron chi connectivity index (χ3n) is 4.02. The highest BCUT2D eigenvalue weighted by molar-refractivity contribution is 5.92. The molecule has 25 heavy (non-hydrogen) atoms. The highest BCUT2D eigenvalue weighted by Crippen LogP contribution is 2.21. The molecule has 3 heterocycles. The maximum Gasteiger partial charge on any atom is 0.269 e. The third kappa shape index (κ3) is 4.89. The molecule has 1 fully saturated rings. The number of nitrogens with zero attached hydrogens (tertiary/aromatic N) is 4. The molecule has 1 saturated heterocycles. The fourth-order valence-corrected chi connectivity index (χ4v) is 2.79. The number of piperidine rings is 1. The zero-order valence-electron chi connectivity index (χ0n) is 14.4. The lowest BCUT2D eigenvalue weighted by atomic mass is 10.1. The number of aryl methyl sites for hydroxylation is 1. The molecule has 1 aliphatic heterocycles. The Bertz CT molecular complexity index is 702. The van der Waals surface area contributed by atoms with E-state index >= 15 is 0 Å². The molecule has 2 aromatic heterocycles. The number of rotatable bonds is 6. The number of hydrogen-bond acceptors (Lipinski definition) is 6. The van der Waals surface area contributed by atoms with Crippen molar-refractivity contribution in [1.29, 1.82) is 0 Å². The SMILES string of the molecule is Cc1nc(OCCNC(=O)c2ccccn2)cc(N2CCCCC2)n1. The number of nitrogens with one attached hydrogen (secondary N) is 1. The summed E-state index contributed by atoms with van der Waals surface area (Å²) in [4.78, 5) is 27.0. The Morgan fingerprint density at radius 2 is 2.08 bits per heavy atom. The van der Waals surface area contributed by atoms with Gasteiger partial charge in [0.15, 0.2) is 0 Å². The van der Waals surface area contributed by atoms with Crippen LogP contribution >= 0.6 is 0 Å². The van der Waals surface area contributed by atoms with Gasteiger partial charge in [-0.1, -0.05) is 6.07 Å². The Morgan fingerprint density at radius 1 is 1.24 bits per heavy atom. The van der Waals surface area contributed by atoms with Gasteiger partial charge in [0.1, 0.15) is 23.9 Å². The molecule has 0 aromatic carbocycles. The Hall–Kier alpha value is -2.70. The summed E-state index contributed by atoms with van der Waals surface area (Å²) in [6.07, 6.45) is 5.26. The molecule has 7 nitrogen and oxygen atoms in total. The van der Waals surface area contributed by atoms with Crippen LogP contribution in [0.5, 0.6) is 5.88 Å². The first-order valence-corrected chi connectivity index (χ1v) is 8.65. The lowest BCUT2D eigenvalue weighted by Crippen LogP contribution is -2.30. The topological polar surface area (TPSA) is 80.2 Å². The van der Waals surface area contributed by atoms with E-state index in [0.29, 0.717) is 30.5 Å². The van der Waals surface area contributed by atoms with Gasteiger partial charge in [0, 0.05) is 25.4 Å². The van der Waals surface area contributed by atoms with Crippen LogP contribution in [-0.4, -0.2) is 47.1 Å². The van der Waals surface area contributed by atoms with E-state index in [1.54, 1.807) is 24.4 Å². The zero-order chi connectivity index (χ0) is 17.5. The minimum absolute atomic E-state index is 0.211. The molecule has 2 aromatic rings. The minimum atomic E-state index is -0.211. The van der Waals surface area contributed by atoms with E-state index in [4.69, 9.17) is 4.74 Å². The summed E-state index contributed by atoms with van der Waals surface area (Å²) in [5, 5.41) is 2.78. The standard InChI is InChI=1S/C18H23N5O2/c1-14-21-16(23-10-5-2-6-11-23)13-17(22-14)25-12-9-20-18(24)15-7-3-4-8-19-15/h3-4,7-8,13H,2,5-6,9-12H2,1H3,(H,20,24). The Balaban J connectivity index is 1.51. The summed E-state index contributed by atoms with van der Waals surface area (Å²) in [5.41, 5.74) is 0.396. The van der Waals surface area contributed by atoms with E-state index in [2.05, 4.69) is 25.2 Å². The quantitative estimate of drug-likeness (QED) is 0.809. The molecule has 7 heteroatoms. The van der Waals surface area contributed by atoms with Crippen molar-refractivity contribution in [2.45, 2.75) is 26.2 Å². The predicted octanol–water partition coefficient (Wildman–Crippen LogP) is 1.98. The first kappa shape index (κ1) is 17.1. The summed E-state index contributed by atoms with van der Waals surface area (Å²) >= 11 is 0. The van der Waals surface area contributed by atoms with E-state index < -0.39 is 0 Å². The second-order valence-corrected chi connectivity index (χ2v) is 5.98. The molecule has 132 valence electrons. The van der Waals surface area contributed by atoms with Gasteiger partial charge in [0.25, 0.3) is 5.91 Å². The van der Waals surface area contributed by atoms with E-state index in [-0.39, 0.29) is 5.91 Å². The molecule has 1 N–H and O–H groups in total. The van der Waals surface area contributed by atoms with Crippen LogP contribution in [0.4, 0.5) is 5.82 Å². The van der Waals surface area contributed by atoms with E-state index in [9.17, 15) is 4.79 Å².